The molecule has 0 atom stereocenters. The number of hydrogen-bond acceptors (Lipinski definition) is 2. The second-order valence-corrected chi connectivity index (χ2v) is 5.86. The van der Waals surface area contributed by atoms with Crippen LogP contribution in [0.5, 0.6) is 0 Å². The van der Waals surface area contributed by atoms with Crippen molar-refractivity contribution in [2.45, 2.75) is 19.4 Å². The third-order valence-corrected chi connectivity index (χ3v) is 4.12. The van der Waals surface area contributed by atoms with Crippen LogP contribution in [0.15, 0.2) is 60.7 Å². The fourth-order valence-corrected chi connectivity index (χ4v) is 2.94. The van der Waals surface area contributed by atoms with Crippen molar-refractivity contribution in [2.75, 3.05) is 0 Å². The van der Waals surface area contributed by atoms with Gasteiger partial charge in [0.25, 0.3) is 0 Å². The molecule has 0 saturated heterocycles. The van der Waals surface area contributed by atoms with Gasteiger partial charge in [0.15, 0.2) is 5.15 Å². The van der Waals surface area contributed by atoms with Crippen molar-refractivity contribution in [1.82, 2.24) is 9.55 Å². The molecule has 0 aliphatic carbocycles. The summed E-state index contributed by atoms with van der Waals surface area (Å²) in [5, 5.41) is 9.36. The van der Waals surface area contributed by atoms with Gasteiger partial charge in [0, 0.05) is 18.5 Å². The first-order valence-electron chi connectivity index (χ1n) is 7.71. The average Bonchev–Trinajstić information content (AvgIpc) is 2.90. The zero-order valence-electron chi connectivity index (χ0n) is 13.0. The molecule has 1 heterocycles. The number of carbonyl (C=O) groups is 1. The lowest BCUT2D eigenvalue weighted by molar-refractivity contribution is -0.136. The maximum atomic E-state index is 11.0. The molecule has 0 bridgehead atoms. The van der Waals surface area contributed by atoms with Crippen LogP contribution in [0.3, 0.4) is 0 Å². The molecule has 1 N–H and O–H groups in total. The second-order valence-electron chi connectivity index (χ2n) is 5.50. The molecule has 4 nitrogen and oxygen atoms in total. The van der Waals surface area contributed by atoms with E-state index in [4.69, 9.17) is 16.7 Å². The molecule has 0 radical (unpaired) electrons. The molecule has 0 spiro atoms. The number of hydrogen-bond donors (Lipinski definition) is 1. The highest BCUT2D eigenvalue weighted by atomic mass is 35.5. The number of carboxylic acid groups (broad SMARTS) is 1. The van der Waals surface area contributed by atoms with E-state index in [0.29, 0.717) is 18.1 Å². The summed E-state index contributed by atoms with van der Waals surface area (Å²) in [6, 6.07) is 19.8. The highest BCUT2D eigenvalue weighted by Crippen LogP contribution is 2.27. The fraction of sp³-hybridized carbons (Fsp3) is 0.158. The molecule has 0 aliphatic rings. The zero-order valence-corrected chi connectivity index (χ0v) is 13.8. The van der Waals surface area contributed by atoms with Crippen LogP contribution in [0.25, 0.3) is 11.4 Å². The van der Waals surface area contributed by atoms with Gasteiger partial charge in [0.05, 0.1) is 12.1 Å². The Hall–Kier alpha value is -2.59. The van der Waals surface area contributed by atoms with E-state index in [-0.39, 0.29) is 6.42 Å². The van der Waals surface area contributed by atoms with Crippen molar-refractivity contribution in [2.24, 2.45) is 0 Å². The molecule has 3 aromatic rings. The number of aliphatic carboxylic acids is 1. The SMILES string of the molecule is O=C(O)CCc1c(Cl)nc(-c2ccccc2)n1Cc1ccccc1. The van der Waals surface area contributed by atoms with Gasteiger partial charge in [0.2, 0.25) is 0 Å². The second kappa shape index (κ2) is 7.32. The molecule has 0 amide bonds. The Bertz CT molecular complexity index is 829. The maximum Gasteiger partial charge on any atom is 0.303 e. The van der Waals surface area contributed by atoms with Crippen LogP contribution in [0, 0.1) is 0 Å². The highest BCUT2D eigenvalue weighted by Gasteiger charge is 2.18. The van der Waals surface area contributed by atoms with Crippen molar-refractivity contribution in [3.8, 4) is 11.4 Å². The van der Waals surface area contributed by atoms with Crippen LogP contribution < -0.4 is 0 Å². The summed E-state index contributed by atoms with van der Waals surface area (Å²) in [6.45, 7) is 0.597. The molecular formula is C19H17ClN2O2. The lowest BCUT2D eigenvalue weighted by Crippen LogP contribution is -2.08. The van der Waals surface area contributed by atoms with E-state index in [9.17, 15) is 4.79 Å². The van der Waals surface area contributed by atoms with E-state index in [1.807, 2.05) is 65.2 Å². The predicted octanol–water partition coefficient (Wildman–Crippen LogP) is 4.27. The molecule has 122 valence electrons. The van der Waals surface area contributed by atoms with Crippen molar-refractivity contribution in [1.29, 1.82) is 0 Å². The zero-order chi connectivity index (χ0) is 16.9. The quantitative estimate of drug-likeness (QED) is 0.729. The van der Waals surface area contributed by atoms with Crippen LogP contribution in [-0.2, 0) is 17.8 Å². The number of imidazole rings is 1. The van der Waals surface area contributed by atoms with Crippen molar-refractivity contribution < 1.29 is 9.90 Å². The van der Waals surface area contributed by atoms with Gasteiger partial charge in [-0.1, -0.05) is 72.3 Å². The Labute approximate surface area is 145 Å². The molecule has 24 heavy (non-hydrogen) atoms. The average molecular weight is 341 g/mol. The van der Waals surface area contributed by atoms with Crippen molar-refractivity contribution in [3.63, 3.8) is 0 Å². The fourth-order valence-electron chi connectivity index (χ4n) is 2.66. The summed E-state index contributed by atoms with van der Waals surface area (Å²) < 4.78 is 2.01. The first kappa shape index (κ1) is 16.3. The minimum Gasteiger partial charge on any atom is -0.481 e. The predicted molar refractivity (Wildman–Crippen MR) is 94.2 cm³/mol. The van der Waals surface area contributed by atoms with Crippen LogP contribution in [0.1, 0.15) is 17.7 Å². The van der Waals surface area contributed by atoms with Gasteiger partial charge in [-0.15, -0.1) is 0 Å². The van der Waals surface area contributed by atoms with Gasteiger partial charge >= 0.3 is 5.97 Å². The Morgan fingerprint density at radius 2 is 1.67 bits per heavy atom. The summed E-state index contributed by atoms with van der Waals surface area (Å²) >= 11 is 6.32. The molecule has 5 heteroatoms. The number of carboxylic acids is 1. The van der Waals surface area contributed by atoms with E-state index in [0.717, 1.165) is 22.6 Å². The molecule has 1 aromatic heterocycles. The summed E-state index contributed by atoms with van der Waals surface area (Å²) in [7, 11) is 0. The van der Waals surface area contributed by atoms with E-state index >= 15 is 0 Å². The first-order valence-corrected chi connectivity index (χ1v) is 8.09. The number of benzene rings is 2. The minimum absolute atomic E-state index is 0.0223. The van der Waals surface area contributed by atoms with Gasteiger partial charge < -0.3 is 9.67 Å². The Morgan fingerprint density at radius 1 is 1.04 bits per heavy atom. The molecular weight excluding hydrogens is 324 g/mol. The van der Waals surface area contributed by atoms with E-state index < -0.39 is 5.97 Å². The largest absolute Gasteiger partial charge is 0.481 e. The Morgan fingerprint density at radius 3 is 2.29 bits per heavy atom. The van der Waals surface area contributed by atoms with Gasteiger partial charge in [-0.3, -0.25) is 4.79 Å². The van der Waals surface area contributed by atoms with Gasteiger partial charge in [0.1, 0.15) is 5.82 Å². The maximum absolute atomic E-state index is 11.0. The highest BCUT2D eigenvalue weighted by molar-refractivity contribution is 6.30. The molecule has 0 aliphatic heterocycles. The topological polar surface area (TPSA) is 55.1 Å². The van der Waals surface area contributed by atoms with Gasteiger partial charge in [-0.2, -0.15) is 0 Å². The number of rotatable bonds is 6. The molecule has 0 unspecified atom stereocenters. The summed E-state index contributed by atoms with van der Waals surface area (Å²) in [4.78, 5) is 15.4. The minimum atomic E-state index is -0.847. The third kappa shape index (κ3) is 3.66. The van der Waals surface area contributed by atoms with Crippen molar-refractivity contribution in [3.05, 3.63) is 77.1 Å². The molecule has 2 aromatic carbocycles. The van der Waals surface area contributed by atoms with Crippen LogP contribution in [0.4, 0.5) is 0 Å². The monoisotopic (exact) mass is 340 g/mol. The molecule has 0 fully saturated rings. The lowest BCUT2D eigenvalue weighted by Gasteiger charge is -2.12. The van der Waals surface area contributed by atoms with Crippen LogP contribution >= 0.6 is 11.6 Å². The van der Waals surface area contributed by atoms with Gasteiger partial charge in [-0.25, -0.2) is 4.98 Å². The standard InChI is InChI=1S/C19H17ClN2O2/c20-18-16(11-12-17(23)24)22(13-14-7-3-1-4-8-14)19(21-18)15-9-5-2-6-10-15/h1-10H,11-13H2,(H,23,24). The van der Waals surface area contributed by atoms with Crippen molar-refractivity contribution >= 4 is 17.6 Å². The lowest BCUT2D eigenvalue weighted by atomic mass is 10.1. The van der Waals surface area contributed by atoms with Crippen LogP contribution in [0.2, 0.25) is 5.15 Å². The summed E-state index contributed by atoms with van der Waals surface area (Å²) in [6.07, 6.45) is 0.370. The summed E-state index contributed by atoms with van der Waals surface area (Å²) in [5.74, 6) is -0.0929. The van der Waals surface area contributed by atoms with E-state index in [1.165, 1.54) is 0 Å². The number of nitrogens with zero attached hydrogens (tertiary/aromatic N) is 2. The first-order chi connectivity index (χ1) is 11.6. The van der Waals surface area contributed by atoms with E-state index in [1.54, 1.807) is 0 Å². The Balaban J connectivity index is 2.05. The van der Waals surface area contributed by atoms with Gasteiger partial charge in [-0.05, 0) is 5.56 Å². The number of aromatic nitrogens is 2. The molecule has 0 saturated carbocycles. The normalized spacial score (nSPS) is 10.7. The Kier molecular flexibility index (Phi) is 4.96. The van der Waals surface area contributed by atoms with E-state index in [2.05, 4.69) is 4.98 Å². The smallest absolute Gasteiger partial charge is 0.303 e. The van der Waals surface area contributed by atoms with Crippen LogP contribution in [-0.4, -0.2) is 20.6 Å². The number of halogens is 1. The molecule has 3 rings (SSSR count). The summed E-state index contributed by atoms with van der Waals surface area (Å²) in [5.41, 5.74) is 2.82. The third-order valence-electron chi connectivity index (χ3n) is 3.81.